The van der Waals surface area contributed by atoms with Gasteiger partial charge in [-0.1, -0.05) is 22.0 Å². The van der Waals surface area contributed by atoms with Crippen LogP contribution in [0.4, 0.5) is 0 Å². The molecular weight excluding hydrogens is 244 g/mol. The average molecular weight is 257 g/mol. The number of hydrogen-bond acceptors (Lipinski definition) is 2. The van der Waals surface area contributed by atoms with Gasteiger partial charge in [0.2, 0.25) is 5.91 Å². The maximum absolute atomic E-state index is 11.0. The third-order valence-corrected chi connectivity index (χ3v) is 2.30. The minimum atomic E-state index is 0.0152. The number of halogens is 1. The van der Waals surface area contributed by atoms with Gasteiger partial charge < -0.3 is 5.32 Å². The van der Waals surface area contributed by atoms with Crippen molar-refractivity contribution < 1.29 is 4.79 Å². The summed E-state index contributed by atoms with van der Waals surface area (Å²) < 4.78 is 0. The van der Waals surface area contributed by atoms with Crippen molar-refractivity contribution >= 4 is 21.8 Å². The summed E-state index contributed by atoms with van der Waals surface area (Å²) in [5, 5.41) is 3.22. The van der Waals surface area contributed by atoms with Crippen LogP contribution < -0.4 is 5.32 Å². The minimum absolute atomic E-state index is 0.0152. The molecule has 1 amide bonds. The third kappa shape index (κ3) is 3.87. The van der Waals surface area contributed by atoms with Crippen molar-refractivity contribution in [1.29, 1.82) is 0 Å². The number of carbonyl (C=O) groups is 1. The molecule has 1 rings (SSSR count). The number of nitrogens with zero attached hydrogens (tertiary/aromatic N) is 1. The summed E-state index contributed by atoms with van der Waals surface area (Å²) in [5.41, 5.74) is 1.13. The largest absolute Gasteiger partial charge is 0.353 e. The predicted molar refractivity (Wildman–Crippen MR) is 59.3 cm³/mol. The predicted octanol–water partition coefficient (Wildman–Crippen LogP) is 1.52. The molecule has 76 valence electrons. The van der Waals surface area contributed by atoms with E-state index in [2.05, 4.69) is 26.2 Å². The monoisotopic (exact) mass is 256 g/mol. The molecule has 1 N–H and O–H groups in total. The fourth-order valence-electron chi connectivity index (χ4n) is 1.24. The van der Waals surface area contributed by atoms with E-state index in [4.69, 9.17) is 0 Å². The lowest BCUT2D eigenvalue weighted by atomic mass is 10.1. The van der Waals surface area contributed by atoms with Crippen LogP contribution in [0.1, 0.15) is 12.5 Å². The summed E-state index contributed by atoms with van der Waals surface area (Å²) in [6, 6.07) is 4.04. The summed E-state index contributed by atoms with van der Waals surface area (Å²) in [4.78, 5) is 15.1. The SMILES string of the molecule is CC(Cc1cccnc1)NC(=O)CBr. The van der Waals surface area contributed by atoms with Gasteiger partial charge >= 0.3 is 0 Å². The van der Waals surface area contributed by atoms with Gasteiger partial charge in [-0.25, -0.2) is 0 Å². The second-order valence-electron chi connectivity index (χ2n) is 3.17. The lowest BCUT2D eigenvalue weighted by molar-refractivity contribution is -0.119. The molecule has 0 aromatic carbocycles. The molecule has 0 spiro atoms. The van der Waals surface area contributed by atoms with Crippen LogP contribution in [-0.2, 0) is 11.2 Å². The van der Waals surface area contributed by atoms with E-state index in [1.54, 1.807) is 6.20 Å². The van der Waals surface area contributed by atoms with E-state index in [1.807, 2.05) is 25.3 Å². The Kier molecular flexibility index (Phi) is 4.59. The van der Waals surface area contributed by atoms with Gasteiger partial charge in [-0.2, -0.15) is 0 Å². The number of nitrogens with one attached hydrogen (secondary N) is 1. The van der Waals surface area contributed by atoms with Gasteiger partial charge in [0.25, 0.3) is 0 Å². The second kappa shape index (κ2) is 5.75. The fourth-order valence-corrected chi connectivity index (χ4v) is 1.40. The molecule has 3 nitrogen and oxygen atoms in total. The standard InChI is InChI=1S/C10H13BrN2O/c1-8(13-10(14)6-11)5-9-3-2-4-12-7-9/h2-4,7-8H,5-6H2,1H3,(H,13,14). The van der Waals surface area contributed by atoms with E-state index in [0.29, 0.717) is 5.33 Å². The van der Waals surface area contributed by atoms with Gasteiger partial charge in [-0.05, 0) is 25.0 Å². The fraction of sp³-hybridized carbons (Fsp3) is 0.400. The van der Waals surface area contributed by atoms with Crippen molar-refractivity contribution in [1.82, 2.24) is 10.3 Å². The molecule has 1 aromatic heterocycles. The molecule has 0 saturated heterocycles. The highest BCUT2D eigenvalue weighted by Crippen LogP contribution is 2.00. The number of pyridine rings is 1. The zero-order valence-electron chi connectivity index (χ0n) is 8.03. The Morgan fingerprint density at radius 1 is 1.71 bits per heavy atom. The summed E-state index contributed by atoms with van der Waals surface area (Å²) in [5.74, 6) is 0.0152. The van der Waals surface area contributed by atoms with E-state index < -0.39 is 0 Å². The molecule has 14 heavy (non-hydrogen) atoms. The van der Waals surface area contributed by atoms with Crippen LogP contribution in [0, 0.1) is 0 Å². The van der Waals surface area contributed by atoms with Crippen molar-refractivity contribution in [2.24, 2.45) is 0 Å². The van der Waals surface area contributed by atoms with E-state index >= 15 is 0 Å². The van der Waals surface area contributed by atoms with Crippen molar-refractivity contribution in [2.45, 2.75) is 19.4 Å². The Hall–Kier alpha value is -0.900. The first kappa shape index (κ1) is 11.2. The van der Waals surface area contributed by atoms with Gasteiger partial charge in [-0.3, -0.25) is 9.78 Å². The number of alkyl halides is 1. The summed E-state index contributed by atoms with van der Waals surface area (Å²) in [7, 11) is 0. The molecule has 1 atom stereocenters. The van der Waals surface area contributed by atoms with Gasteiger partial charge in [0, 0.05) is 18.4 Å². The van der Waals surface area contributed by atoms with E-state index in [0.717, 1.165) is 12.0 Å². The minimum Gasteiger partial charge on any atom is -0.353 e. The number of hydrogen-bond donors (Lipinski definition) is 1. The third-order valence-electron chi connectivity index (χ3n) is 1.79. The topological polar surface area (TPSA) is 42.0 Å². The zero-order chi connectivity index (χ0) is 10.4. The lowest BCUT2D eigenvalue weighted by Crippen LogP contribution is -2.34. The molecule has 1 heterocycles. The number of aromatic nitrogens is 1. The Balaban J connectivity index is 2.41. The number of rotatable bonds is 4. The maximum Gasteiger partial charge on any atom is 0.230 e. The average Bonchev–Trinajstić information content (AvgIpc) is 2.19. The summed E-state index contributed by atoms with van der Waals surface area (Å²) in [6.07, 6.45) is 4.37. The summed E-state index contributed by atoms with van der Waals surface area (Å²) in [6.45, 7) is 1.98. The molecule has 1 unspecified atom stereocenters. The highest BCUT2D eigenvalue weighted by Gasteiger charge is 2.06. The Morgan fingerprint density at radius 2 is 2.50 bits per heavy atom. The summed E-state index contributed by atoms with van der Waals surface area (Å²) >= 11 is 3.10. The van der Waals surface area contributed by atoms with Gasteiger partial charge in [0.05, 0.1) is 5.33 Å². The quantitative estimate of drug-likeness (QED) is 0.831. The normalized spacial score (nSPS) is 12.1. The van der Waals surface area contributed by atoms with Crippen LogP contribution in [0.3, 0.4) is 0 Å². The number of amides is 1. The van der Waals surface area contributed by atoms with Crippen LogP contribution in [0.2, 0.25) is 0 Å². The first-order chi connectivity index (χ1) is 6.72. The van der Waals surface area contributed by atoms with Gasteiger partial charge in [0.1, 0.15) is 0 Å². The molecule has 0 aliphatic heterocycles. The van der Waals surface area contributed by atoms with Crippen LogP contribution in [0.5, 0.6) is 0 Å². The van der Waals surface area contributed by atoms with Crippen molar-refractivity contribution in [2.75, 3.05) is 5.33 Å². The maximum atomic E-state index is 11.0. The first-order valence-corrected chi connectivity index (χ1v) is 5.58. The Labute approximate surface area is 92.1 Å². The molecule has 4 heteroatoms. The van der Waals surface area contributed by atoms with E-state index in [-0.39, 0.29) is 11.9 Å². The molecule has 0 saturated carbocycles. The van der Waals surface area contributed by atoms with Crippen molar-refractivity contribution in [3.8, 4) is 0 Å². The molecule has 1 aromatic rings. The van der Waals surface area contributed by atoms with Gasteiger partial charge in [-0.15, -0.1) is 0 Å². The molecule has 0 fully saturated rings. The molecular formula is C10H13BrN2O. The van der Waals surface area contributed by atoms with E-state index in [9.17, 15) is 4.79 Å². The molecule has 0 aliphatic rings. The highest BCUT2D eigenvalue weighted by molar-refractivity contribution is 9.09. The number of carbonyl (C=O) groups excluding carboxylic acids is 1. The molecule has 0 bridgehead atoms. The van der Waals surface area contributed by atoms with Crippen LogP contribution >= 0.6 is 15.9 Å². The lowest BCUT2D eigenvalue weighted by Gasteiger charge is -2.12. The first-order valence-electron chi connectivity index (χ1n) is 4.46. The van der Waals surface area contributed by atoms with Crippen LogP contribution in [0.15, 0.2) is 24.5 Å². The van der Waals surface area contributed by atoms with Crippen LogP contribution in [-0.4, -0.2) is 22.3 Å². The molecule has 0 aliphatic carbocycles. The highest BCUT2D eigenvalue weighted by atomic mass is 79.9. The second-order valence-corrected chi connectivity index (χ2v) is 3.73. The molecule has 0 radical (unpaired) electrons. The zero-order valence-corrected chi connectivity index (χ0v) is 9.62. The van der Waals surface area contributed by atoms with Crippen LogP contribution in [0.25, 0.3) is 0 Å². The van der Waals surface area contributed by atoms with Crippen molar-refractivity contribution in [3.63, 3.8) is 0 Å². The Bertz CT molecular complexity index is 289. The Morgan fingerprint density at radius 3 is 3.07 bits per heavy atom. The smallest absolute Gasteiger partial charge is 0.230 e. The van der Waals surface area contributed by atoms with E-state index in [1.165, 1.54) is 0 Å². The van der Waals surface area contributed by atoms with Crippen molar-refractivity contribution in [3.05, 3.63) is 30.1 Å². The van der Waals surface area contributed by atoms with Gasteiger partial charge in [0.15, 0.2) is 0 Å².